The number of halogens is 4. The quantitative estimate of drug-likeness (QED) is 0.181. The van der Waals surface area contributed by atoms with Crippen LogP contribution in [0.3, 0.4) is 0 Å². The van der Waals surface area contributed by atoms with Crippen molar-refractivity contribution in [2.45, 2.75) is 31.9 Å². The summed E-state index contributed by atoms with van der Waals surface area (Å²) in [5, 5.41) is 7.42. The SMILES string of the molecule is C[C@@H]1OCC2(CCN(c3nc4[nH]nc(C#Cc5cc(F)c(F)c(F)c5F)c4c4nccn34)CC2)[C@@H]1N. The molecule has 2 aliphatic heterocycles. The number of rotatable bonds is 1. The summed E-state index contributed by atoms with van der Waals surface area (Å²) < 4.78 is 62.0. The summed E-state index contributed by atoms with van der Waals surface area (Å²) in [5.41, 5.74) is 6.85. The lowest BCUT2D eigenvalue weighted by Gasteiger charge is -2.41. The fourth-order valence-corrected chi connectivity index (χ4v) is 5.16. The Morgan fingerprint density at radius 2 is 1.92 bits per heavy atom. The van der Waals surface area contributed by atoms with Gasteiger partial charge in [-0.05, 0) is 31.8 Å². The lowest BCUT2D eigenvalue weighted by atomic mass is 9.73. The third-order valence-electron chi connectivity index (χ3n) is 7.35. The molecule has 0 aliphatic carbocycles. The van der Waals surface area contributed by atoms with Gasteiger partial charge in [0.25, 0.3) is 0 Å². The zero-order valence-electron chi connectivity index (χ0n) is 19.2. The Bertz CT molecular complexity index is 1560. The summed E-state index contributed by atoms with van der Waals surface area (Å²) >= 11 is 0. The van der Waals surface area contributed by atoms with Crippen LogP contribution >= 0.6 is 0 Å². The van der Waals surface area contributed by atoms with Crippen molar-refractivity contribution in [3.63, 3.8) is 0 Å². The van der Waals surface area contributed by atoms with Crippen molar-refractivity contribution in [3.05, 3.63) is 53.0 Å². The van der Waals surface area contributed by atoms with Crippen molar-refractivity contribution in [1.82, 2.24) is 24.6 Å². The van der Waals surface area contributed by atoms with Gasteiger partial charge in [-0.2, -0.15) is 10.1 Å². The molecule has 1 aromatic carbocycles. The molecule has 0 amide bonds. The molecule has 4 aromatic rings. The van der Waals surface area contributed by atoms with E-state index in [0.29, 0.717) is 35.3 Å². The van der Waals surface area contributed by atoms with Crippen LogP contribution in [0.25, 0.3) is 16.7 Å². The Labute approximate surface area is 202 Å². The summed E-state index contributed by atoms with van der Waals surface area (Å²) in [4.78, 5) is 11.3. The minimum Gasteiger partial charge on any atom is -0.376 e. The predicted molar refractivity (Wildman–Crippen MR) is 122 cm³/mol. The van der Waals surface area contributed by atoms with Crippen LogP contribution in [0.5, 0.6) is 0 Å². The number of H-pyrrole nitrogens is 1. The van der Waals surface area contributed by atoms with Gasteiger partial charge in [-0.1, -0.05) is 5.92 Å². The summed E-state index contributed by atoms with van der Waals surface area (Å²) in [5.74, 6) is -1.31. The van der Waals surface area contributed by atoms with E-state index in [4.69, 9.17) is 15.5 Å². The van der Waals surface area contributed by atoms with Gasteiger partial charge in [-0.25, -0.2) is 22.5 Å². The van der Waals surface area contributed by atoms with Crippen LogP contribution in [0.1, 0.15) is 31.0 Å². The number of hydrogen-bond acceptors (Lipinski definition) is 6. The van der Waals surface area contributed by atoms with E-state index in [-0.39, 0.29) is 23.3 Å². The number of nitrogens with zero attached hydrogens (tertiary/aromatic N) is 5. The average Bonchev–Trinajstić information content (AvgIpc) is 3.59. The molecule has 2 aliphatic rings. The number of hydrogen-bond donors (Lipinski definition) is 2. The largest absolute Gasteiger partial charge is 0.376 e. The molecular weight excluding hydrogens is 478 g/mol. The van der Waals surface area contributed by atoms with Crippen LogP contribution in [0.4, 0.5) is 23.5 Å². The maximum Gasteiger partial charge on any atom is 0.213 e. The molecule has 0 radical (unpaired) electrons. The average molecular weight is 499 g/mol. The minimum absolute atomic E-state index is 0.00927. The van der Waals surface area contributed by atoms with Crippen molar-refractivity contribution in [1.29, 1.82) is 0 Å². The zero-order chi connectivity index (χ0) is 25.2. The molecule has 0 saturated carbocycles. The van der Waals surface area contributed by atoms with Crippen LogP contribution in [0.2, 0.25) is 0 Å². The van der Waals surface area contributed by atoms with E-state index in [0.717, 1.165) is 25.9 Å². The van der Waals surface area contributed by atoms with Crippen molar-refractivity contribution in [2.24, 2.45) is 11.1 Å². The molecule has 2 fully saturated rings. The molecule has 12 heteroatoms. The first-order chi connectivity index (χ1) is 17.3. The van der Waals surface area contributed by atoms with Crippen molar-refractivity contribution in [2.75, 3.05) is 24.6 Å². The topological polar surface area (TPSA) is 97.4 Å². The van der Waals surface area contributed by atoms with Gasteiger partial charge >= 0.3 is 0 Å². The molecular formula is C24H21F4N7O. The highest BCUT2D eigenvalue weighted by Gasteiger charge is 2.47. The van der Waals surface area contributed by atoms with Gasteiger partial charge in [0.2, 0.25) is 5.95 Å². The second kappa shape index (κ2) is 8.18. The Hall–Kier alpha value is -3.69. The van der Waals surface area contributed by atoms with E-state index in [2.05, 4.69) is 31.9 Å². The number of aromatic amines is 1. The van der Waals surface area contributed by atoms with Gasteiger partial charge in [0.15, 0.2) is 34.6 Å². The number of aromatic nitrogens is 5. The van der Waals surface area contributed by atoms with Crippen LogP contribution < -0.4 is 10.6 Å². The van der Waals surface area contributed by atoms with Crippen LogP contribution in [-0.4, -0.2) is 56.4 Å². The van der Waals surface area contributed by atoms with Gasteiger partial charge in [0.1, 0.15) is 5.69 Å². The summed E-state index contributed by atoms with van der Waals surface area (Å²) in [7, 11) is 0. The lowest BCUT2D eigenvalue weighted by Crippen LogP contribution is -2.51. The van der Waals surface area contributed by atoms with Crippen molar-refractivity contribution < 1.29 is 22.3 Å². The first-order valence-electron chi connectivity index (χ1n) is 11.5. The van der Waals surface area contributed by atoms with Gasteiger partial charge < -0.3 is 15.4 Å². The van der Waals surface area contributed by atoms with E-state index < -0.39 is 28.8 Å². The van der Waals surface area contributed by atoms with Crippen LogP contribution in [-0.2, 0) is 4.74 Å². The molecule has 1 spiro atoms. The van der Waals surface area contributed by atoms with Crippen LogP contribution in [0, 0.1) is 40.5 Å². The van der Waals surface area contributed by atoms with E-state index in [1.807, 2.05) is 11.3 Å². The molecule has 0 bridgehead atoms. The maximum atomic E-state index is 14.0. The Morgan fingerprint density at radius 1 is 1.14 bits per heavy atom. The fourth-order valence-electron chi connectivity index (χ4n) is 5.16. The maximum absolute atomic E-state index is 14.0. The molecule has 36 heavy (non-hydrogen) atoms. The normalized spacial score (nSPS) is 21.4. The molecule has 0 unspecified atom stereocenters. The van der Waals surface area contributed by atoms with Gasteiger partial charge in [0.05, 0.1) is 23.7 Å². The lowest BCUT2D eigenvalue weighted by molar-refractivity contribution is 0.0973. The van der Waals surface area contributed by atoms with E-state index in [1.54, 1.807) is 12.4 Å². The molecule has 5 heterocycles. The summed E-state index contributed by atoms with van der Waals surface area (Å²) in [6.45, 7) is 4.13. The number of piperidine rings is 1. The molecule has 186 valence electrons. The molecule has 3 aromatic heterocycles. The van der Waals surface area contributed by atoms with E-state index in [9.17, 15) is 17.6 Å². The number of nitrogens with one attached hydrogen (secondary N) is 1. The van der Waals surface area contributed by atoms with Crippen LogP contribution in [0.15, 0.2) is 18.5 Å². The highest BCUT2D eigenvalue weighted by Crippen LogP contribution is 2.42. The van der Waals surface area contributed by atoms with Gasteiger partial charge in [-0.3, -0.25) is 9.50 Å². The Kier molecular flexibility index (Phi) is 5.17. The number of ether oxygens (including phenoxy) is 1. The summed E-state index contributed by atoms with van der Waals surface area (Å²) in [6, 6.07) is 0.493. The van der Waals surface area contributed by atoms with E-state index >= 15 is 0 Å². The van der Waals surface area contributed by atoms with Gasteiger partial charge in [0, 0.05) is 36.9 Å². The third kappa shape index (κ3) is 3.34. The second-order valence-electron chi connectivity index (χ2n) is 9.32. The molecule has 8 nitrogen and oxygen atoms in total. The number of imidazole rings is 1. The highest BCUT2D eigenvalue weighted by atomic mass is 19.2. The minimum atomic E-state index is -1.92. The van der Waals surface area contributed by atoms with E-state index in [1.165, 1.54) is 0 Å². The molecule has 2 atom stereocenters. The first kappa shape index (κ1) is 22.8. The molecule has 2 saturated heterocycles. The monoisotopic (exact) mass is 499 g/mol. The Balaban J connectivity index is 1.36. The van der Waals surface area contributed by atoms with Crippen molar-refractivity contribution in [3.8, 4) is 11.8 Å². The number of nitrogens with two attached hydrogens (primary N) is 1. The highest BCUT2D eigenvalue weighted by molar-refractivity contribution is 5.94. The Morgan fingerprint density at radius 3 is 2.64 bits per heavy atom. The first-order valence-corrected chi connectivity index (χ1v) is 11.5. The van der Waals surface area contributed by atoms with Gasteiger partial charge in [-0.15, -0.1) is 0 Å². The second-order valence-corrected chi connectivity index (χ2v) is 9.32. The fraction of sp³-hybridized carbons (Fsp3) is 0.375. The number of fused-ring (bicyclic) bond motifs is 3. The summed E-state index contributed by atoms with van der Waals surface area (Å²) in [6.07, 6.45) is 5.15. The predicted octanol–water partition coefficient (Wildman–Crippen LogP) is 2.89. The smallest absolute Gasteiger partial charge is 0.213 e. The number of anilines is 1. The molecule has 6 rings (SSSR count). The zero-order valence-corrected chi connectivity index (χ0v) is 19.2. The number of benzene rings is 1. The third-order valence-corrected chi connectivity index (χ3v) is 7.35. The van der Waals surface area contributed by atoms with Crippen molar-refractivity contribution >= 4 is 22.6 Å². The standard InChI is InChI=1S/C24H21F4N7O/c1-12-20(29)24(11-36-12)4-7-34(8-5-24)23-31-21-16(22-30-6-9-35(22)23)15(32-33-21)3-2-13-10-14(25)18(27)19(28)17(13)26/h6,9-10,12,20H,4-5,7-8,11,29H2,1H3,(H,32,33)/t12-,20+/m0/s1. The molecule has 3 N–H and O–H groups in total.